The third-order valence-corrected chi connectivity index (χ3v) is 4.00. The van der Waals surface area contributed by atoms with Crippen molar-refractivity contribution >= 4 is 16.9 Å². The maximum Gasteiger partial charge on any atom is 0.252 e. The van der Waals surface area contributed by atoms with Gasteiger partial charge in [0.25, 0.3) is 5.91 Å². The molecule has 3 aromatic rings. The Hall–Kier alpha value is -3.13. The maximum absolute atomic E-state index is 12.0. The van der Waals surface area contributed by atoms with Gasteiger partial charge in [0, 0.05) is 5.56 Å². The van der Waals surface area contributed by atoms with Gasteiger partial charge in [0.2, 0.25) is 0 Å². The highest BCUT2D eigenvalue weighted by Gasteiger charge is 2.36. The molecule has 5 nitrogen and oxygen atoms in total. The van der Waals surface area contributed by atoms with Crippen molar-refractivity contribution in [3.63, 3.8) is 0 Å². The van der Waals surface area contributed by atoms with Gasteiger partial charge in [-0.1, -0.05) is 30.3 Å². The molecule has 0 spiro atoms. The van der Waals surface area contributed by atoms with E-state index in [-0.39, 0.29) is 11.9 Å². The molecular formula is C17H12N4O. The van der Waals surface area contributed by atoms with Crippen LogP contribution >= 0.6 is 0 Å². The molecule has 0 saturated heterocycles. The summed E-state index contributed by atoms with van der Waals surface area (Å²) in [4.78, 5) is 19.7. The Morgan fingerprint density at radius 2 is 1.91 bits per heavy atom. The van der Waals surface area contributed by atoms with Crippen LogP contribution in [-0.4, -0.2) is 15.9 Å². The van der Waals surface area contributed by atoms with Crippen LogP contribution in [0.3, 0.4) is 0 Å². The van der Waals surface area contributed by atoms with Gasteiger partial charge >= 0.3 is 0 Å². The number of nitriles is 1. The number of fused-ring (bicyclic) bond motifs is 2. The van der Waals surface area contributed by atoms with Crippen molar-refractivity contribution in [2.45, 2.75) is 12.0 Å². The molecule has 1 aliphatic rings. The molecule has 0 fully saturated rings. The summed E-state index contributed by atoms with van der Waals surface area (Å²) in [6.07, 6.45) is 0. The lowest BCUT2D eigenvalue weighted by Gasteiger charge is -2.15. The zero-order valence-corrected chi connectivity index (χ0v) is 11.6. The highest BCUT2D eigenvalue weighted by Crippen LogP contribution is 2.35. The molecule has 0 aliphatic carbocycles. The first-order valence-electron chi connectivity index (χ1n) is 7.02. The minimum atomic E-state index is -0.556. The summed E-state index contributed by atoms with van der Waals surface area (Å²) in [5, 5.41) is 12.5. The van der Waals surface area contributed by atoms with Crippen LogP contribution in [0.1, 0.15) is 33.7 Å². The molecule has 5 heteroatoms. The van der Waals surface area contributed by atoms with E-state index in [9.17, 15) is 10.1 Å². The number of nitrogens with zero attached hydrogens (tertiary/aromatic N) is 2. The molecule has 0 saturated carbocycles. The summed E-state index contributed by atoms with van der Waals surface area (Å²) >= 11 is 0. The van der Waals surface area contributed by atoms with E-state index in [1.165, 1.54) is 0 Å². The smallest absolute Gasteiger partial charge is 0.252 e. The van der Waals surface area contributed by atoms with Crippen molar-refractivity contribution in [2.75, 3.05) is 0 Å². The number of carbonyl (C=O) groups is 1. The average Bonchev–Trinajstić information content (AvgIpc) is 3.11. The van der Waals surface area contributed by atoms with Gasteiger partial charge in [-0.2, -0.15) is 5.26 Å². The lowest BCUT2D eigenvalue weighted by atomic mass is 9.94. The van der Waals surface area contributed by atoms with Crippen molar-refractivity contribution in [1.82, 2.24) is 15.3 Å². The lowest BCUT2D eigenvalue weighted by Crippen LogP contribution is -2.24. The third kappa shape index (κ3) is 1.78. The Balaban J connectivity index is 1.80. The number of carbonyl (C=O) groups excluding carboxylic acids is 1. The van der Waals surface area contributed by atoms with Gasteiger partial charge in [-0.15, -0.1) is 0 Å². The molecule has 22 heavy (non-hydrogen) atoms. The molecule has 0 radical (unpaired) electrons. The summed E-state index contributed by atoms with van der Waals surface area (Å²) < 4.78 is 0. The van der Waals surface area contributed by atoms with Crippen LogP contribution in [-0.2, 0) is 0 Å². The normalized spacial score (nSPS) is 17.8. The number of H-pyrrole nitrogens is 1. The van der Waals surface area contributed by atoms with Crippen molar-refractivity contribution < 1.29 is 4.79 Å². The fourth-order valence-corrected chi connectivity index (χ4v) is 2.95. The van der Waals surface area contributed by atoms with Gasteiger partial charge < -0.3 is 10.3 Å². The summed E-state index contributed by atoms with van der Waals surface area (Å²) in [5.41, 5.74) is 3.18. The number of imidazole rings is 1. The van der Waals surface area contributed by atoms with Crippen LogP contribution in [0, 0.1) is 11.3 Å². The molecule has 2 heterocycles. The van der Waals surface area contributed by atoms with Gasteiger partial charge in [0.05, 0.1) is 23.1 Å². The zero-order chi connectivity index (χ0) is 15.1. The van der Waals surface area contributed by atoms with Crippen molar-refractivity contribution in [2.24, 2.45) is 0 Å². The highest BCUT2D eigenvalue weighted by molar-refractivity contribution is 5.99. The maximum atomic E-state index is 12.0. The van der Waals surface area contributed by atoms with Crippen molar-refractivity contribution in [3.05, 3.63) is 65.5 Å². The van der Waals surface area contributed by atoms with Crippen LogP contribution in [0.5, 0.6) is 0 Å². The number of benzene rings is 2. The molecule has 1 amide bonds. The monoisotopic (exact) mass is 288 g/mol. The SMILES string of the molecule is N#CC(c1nc2ccccc2[nH]1)C1NC(=O)c2ccccc21. The fourth-order valence-electron chi connectivity index (χ4n) is 2.95. The van der Waals surface area contributed by atoms with E-state index < -0.39 is 5.92 Å². The first-order valence-corrected chi connectivity index (χ1v) is 7.02. The van der Waals surface area contributed by atoms with E-state index in [0.717, 1.165) is 16.6 Å². The first kappa shape index (κ1) is 12.6. The van der Waals surface area contributed by atoms with E-state index in [0.29, 0.717) is 11.4 Å². The molecule has 1 aromatic heterocycles. The third-order valence-electron chi connectivity index (χ3n) is 4.00. The van der Waals surface area contributed by atoms with Crippen LogP contribution in [0.15, 0.2) is 48.5 Å². The predicted octanol–water partition coefficient (Wildman–Crippen LogP) is 2.65. The van der Waals surface area contributed by atoms with Gasteiger partial charge in [-0.05, 0) is 23.8 Å². The number of aromatic nitrogens is 2. The summed E-state index contributed by atoms with van der Waals surface area (Å²) in [6, 6.07) is 16.9. The number of amides is 1. The van der Waals surface area contributed by atoms with E-state index in [4.69, 9.17) is 0 Å². The molecule has 2 unspecified atom stereocenters. The molecule has 2 atom stereocenters. The van der Waals surface area contributed by atoms with E-state index in [2.05, 4.69) is 21.4 Å². The summed E-state index contributed by atoms with van der Waals surface area (Å²) in [6.45, 7) is 0. The van der Waals surface area contributed by atoms with Gasteiger partial charge in [-0.3, -0.25) is 4.79 Å². The highest BCUT2D eigenvalue weighted by atomic mass is 16.2. The van der Waals surface area contributed by atoms with Crippen molar-refractivity contribution in [1.29, 1.82) is 5.26 Å². The minimum Gasteiger partial charge on any atom is -0.343 e. The topological polar surface area (TPSA) is 81.6 Å². The van der Waals surface area contributed by atoms with Gasteiger partial charge in [-0.25, -0.2) is 4.98 Å². The second-order valence-corrected chi connectivity index (χ2v) is 5.28. The molecule has 0 bridgehead atoms. The fraction of sp³-hybridized carbons (Fsp3) is 0.118. The van der Waals surface area contributed by atoms with Crippen LogP contribution in [0.4, 0.5) is 0 Å². The number of hydrogen-bond acceptors (Lipinski definition) is 3. The number of rotatable bonds is 2. The second kappa shape index (κ2) is 4.71. The Morgan fingerprint density at radius 3 is 2.73 bits per heavy atom. The molecule has 2 N–H and O–H groups in total. The van der Waals surface area contributed by atoms with E-state index in [1.807, 2.05) is 42.5 Å². The summed E-state index contributed by atoms with van der Waals surface area (Å²) in [7, 11) is 0. The van der Waals surface area contributed by atoms with E-state index >= 15 is 0 Å². The number of aromatic amines is 1. The number of hydrogen-bond donors (Lipinski definition) is 2. The van der Waals surface area contributed by atoms with Crippen LogP contribution in [0.2, 0.25) is 0 Å². The predicted molar refractivity (Wildman–Crippen MR) is 81.1 cm³/mol. The molecular weight excluding hydrogens is 276 g/mol. The summed E-state index contributed by atoms with van der Waals surface area (Å²) in [5.74, 6) is -0.123. The van der Waals surface area contributed by atoms with E-state index in [1.54, 1.807) is 6.07 Å². The lowest BCUT2D eigenvalue weighted by molar-refractivity contribution is 0.0954. The molecule has 106 valence electrons. The first-order chi connectivity index (χ1) is 10.8. The Bertz CT molecular complexity index is 889. The van der Waals surface area contributed by atoms with Gasteiger partial charge in [0.1, 0.15) is 11.7 Å². The minimum absolute atomic E-state index is 0.142. The standard InChI is InChI=1S/C17H12N4O/c18-9-12(16-19-13-7-3-4-8-14(13)20-16)15-10-5-1-2-6-11(10)17(22)21-15/h1-8,12,15H,(H,19,20)(H,21,22). The Kier molecular flexibility index (Phi) is 2.70. The zero-order valence-electron chi connectivity index (χ0n) is 11.6. The second-order valence-electron chi connectivity index (χ2n) is 5.28. The van der Waals surface area contributed by atoms with Crippen molar-refractivity contribution in [3.8, 4) is 6.07 Å². The number of nitrogens with one attached hydrogen (secondary N) is 2. The Labute approximate surface area is 126 Å². The largest absolute Gasteiger partial charge is 0.343 e. The Morgan fingerprint density at radius 1 is 1.14 bits per heavy atom. The molecule has 1 aliphatic heterocycles. The molecule has 2 aromatic carbocycles. The average molecular weight is 288 g/mol. The van der Waals surface area contributed by atoms with Crippen LogP contribution in [0.25, 0.3) is 11.0 Å². The van der Waals surface area contributed by atoms with Crippen LogP contribution < -0.4 is 5.32 Å². The van der Waals surface area contributed by atoms with Gasteiger partial charge in [0.15, 0.2) is 0 Å². The molecule has 4 rings (SSSR count). The quantitative estimate of drug-likeness (QED) is 0.760. The number of para-hydroxylation sites is 2.